The van der Waals surface area contributed by atoms with Crippen LogP contribution in [0.2, 0.25) is 5.02 Å². The molecule has 29 heavy (non-hydrogen) atoms. The van der Waals surface area contributed by atoms with E-state index in [0.29, 0.717) is 32.2 Å². The third kappa shape index (κ3) is 5.47. The topological polar surface area (TPSA) is 58.6 Å². The average Bonchev–Trinajstić information content (AvgIpc) is 2.97. The number of thioether (sulfide) groups is 1. The lowest BCUT2D eigenvalue weighted by Crippen LogP contribution is -2.27. The number of anilines is 1. The number of nitrogens with zero attached hydrogens (tertiary/aromatic N) is 1. The van der Waals surface area contributed by atoms with Crippen LogP contribution in [0.4, 0.5) is 5.69 Å². The van der Waals surface area contributed by atoms with Gasteiger partial charge in [0, 0.05) is 6.54 Å². The Labute approximate surface area is 183 Å². The highest BCUT2D eigenvalue weighted by Gasteiger charge is 2.30. The Kier molecular flexibility index (Phi) is 7.09. The Morgan fingerprint density at radius 1 is 1.24 bits per heavy atom. The van der Waals surface area contributed by atoms with Crippen molar-refractivity contribution in [1.82, 2.24) is 4.90 Å². The molecule has 1 N–H and O–H groups in total. The van der Waals surface area contributed by atoms with Gasteiger partial charge in [-0.2, -0.15) is 0 Å². The minimum Gasteiger partial charge on any atom is -0.484 e. The molecule has 1 heterocycles. The highest BCUT2D eigenvalue weighted by Crippen LogP contribution is 2.32. The van der Waals surface area contributed by atoms with Gasteiger partial charge >= 0.3 is 0 Å². The largest absolute Gasteiger partial charge is 0.484 e. The van der Waals surface area contributed by atoms with Gasteiger partial charge in [-0.3, -0.25) is 14.5 Å². The molecule has 0 aromatic heterocycles. The van der Waals surface area contributed by atoms with Crippen LogP contribution in [-0.4, -0.2) is 34.2 Å². The van der Waals surface area contributed by atoms with Crippen LogP contribution in [-0.2, 0) is 9.59 Å². The van der Waals surface area contributed by atoms with E-state index in [1.54, 1.807) is 60.7 Å². The third-order valence-corrected chi connectivity index (χ3v) is 5.59. The molecule has 2 amide bonds. The molecule has 148 valence electrons. The maximum absolute atomic E-state index is 12.4. The van der Waals surface area contributed by atoms with Crippen LogP contribution in [0.1, 0.15) is 5.56 Å². The molecule has 0 unspecified atom stereocenters. The highest BCUT2D eigenvalue weighted by atomic mass is 35.5. The van der Waals surface area contributed by atoms with Gasteiger partial charge in [-0.15, -0.1) is 6.58 Å². The second-order valence-corrected chi connectivity index (χ2v) is 8.05. The summed E-state index contributed by atoms with van der Waals surface area (Å²) in [6.45, 7) is 3.88. The number of amides is 2. The summed E-state index contributed by atoms with van der Waals surface area (Å²) in [6, 6.07) is 14.1. The maximum atomic E-state index is 12.4. The lowest BCUT2D eigenvalue weighted by molar-refractivity contribution is -0.121. The minimum absolute atomic E-state index is 0.128. The van der Waals surface area contributed by atoms with Crippen molar-refractivity contribution in [1.29, 1.82) is 0 Å². The Morgan fingerprint density at radius 3 is 2.66 bits per heavy atom. The summed E-state index contributed by atoms with van der Waals surface area (Å²) < 4.78 is 6.02. The number of thiocarbonyl (C=S) groups is 1. The second-order valence-electron chi connectivity index (χ2n) is 5.97. The van der Waals surface area contributed by atoms with E-state index < -0.39 is 0 Å². The Bertz CT molecular complexity index is 990. The third-order valence-electron chi connectivity index (χ3n) is 3.88. The lowest BCUT2D eigenvalue weighted by atomic mass is 10.2. The molecule has 5 nitrogen and oxygen atoms in total. The molecular weight excluding hydrogens is 428 g/mol. The number of nitrogens with one attached hydrogen (secondary N) is 1. The zero-order chi connectivity index (χ0) is 20.8. The van der Waals surface area contributed by atoms with Gasteiger partial charge in [0.05, 0.1) is 15.6 Å². The minimum atomic E-state index is -0.312. The van der Waals surface area contributed by atoms with E-state index in [9.17, 15) is 9.59 Å². The predicted octanol–water partition coefficient (Wildman–Crippen LogP) is 4.74. The number of carbonyl (C=O) groups is 2. The number of para-hydroxylation sites is 1. The number of carbonyl (C=O) groups excluding carboxylic acids is 2. The fraction of sp³-hybridized carbons (Fsp3) is 0.0952. The fourth-order valence-corrected chi connectivity index (χ4v) is 3.95. The van der Waals surface area contributed by atoms with Gasteiger partial charge < -0.3 is 10.1 Å². The van der Waals surface area contributed by atoms with Crippen LogP contribution in [0.3, 0.4) is 0 Å². The first-order valence-corrected chi connectivity index (χ1v) is 10.2. The van der Waals surface area contributed by atoms with Crippen molar-refractivity contribution in [2.24, 2.45) is 0 Å². The zero-order valence-electron chi connectivity index (χ0n) is 15.3. The molecule has 2 aromatic carbocycles. The normalized spacial score (nSPS) is 14.9. The van der Waals surface area contributed by atoms with Gasteiger partial charge in [-0.25, -0.2) is 0 Å². The summed E-state index contributed by atoms with van der Waals surface area (Å²) in [5.74, 6) is 0.0974. The van der Waals surface area contributed by atoms with Gasteiger partial charge in [-0.05, 0) is 35.9 Å². The van der Waals surface area contributed by atoms with Crippen LogP contribution in [0.15, 0.2) is 66.1 Å². The fourth-order valence-electron chi connectivity index (χ4n) is 2.50. The summed E-state index contributed by atoms with van der Waals surface area (Å²) >= 11 is 12.5. The molecular formula is C21H17ClN2O3S2. The molecule has 0 saturated carbocycles. The molecule has 1 fully saturated rings. The molecule has 8 heteroatoms. The van der Waals surface area contributed by atoms with E-state index >= 15 is 0 Å². The van der Waals surface area contributed by atoms with E-state index in [1.807, 2.05) is 0 Å². The van der Waals surface area contributed by atoms with Crippen LogP contribution < -0.4 is 10.1 Å². The van der Waals surface area contributed by atoms with Gasteiger partial charge in [0.1, 0.15) is 10.1 Å². The Balaban J connectivity index is 1.57. The number of rotatable bonds is 7. The van der Waals surface area contributed by atoms with Gasteiger partial charge in [0.15, 0.2) is 6.61 Å². The number of halogens is 1. The second kappa shape index (κ2) is 9.73. The first-order chi connectivity index (χ1) is 14.0. The summed E-state index contributed by atoms with van der Waals surface area (Å²) in [7, 11) is 0. The molecule has 3 rings (SSSR count). The average molecular weight is 445 g/mol. The van der Waals surface area contributed by atoms with E-state index in [1.165, 1.54) is 16.7 Å². The number of hydrogen-bond acceptors (Lipinski definition) is 5. The van der Waals surface area contributed by atoms with Crippen molar-refractivity contribution in [2.75, 3.05) is 18.5 Å². The first kappa shape index (κ1) is 21.1. The van der Waals surface area contributed by atoms with Crippen molar-refractivity contribution in [2.45, 2.75) is 0 Å². The van der Waals surface area contributed by atoms with Crippen molar-refractivity contribution in [3.05, 3.63) is 76.7 Å². The molecule has 1 aliphatic heterocycles. The molecule has 0 aliphatic carbocycles. The summed E-state index contributed by atoms with van der Waals surface area (Å²) in [5, 5.41) is 3.16. The quantitative estimate of drug-likeness (QED) is 0.379. The summed E-state index contributed by atoms with van der Waals surface area (Å²) in [4.78, 5) is 26.4. The molecule has 0 atom stereocenters. The first-order valence-electron chi connectivity index (χ1n) is 8.61. The van der Waals surface area contributed by atoms with E-state index in [2.05, 4.69) is 11.9 Å². The highest BCUT2D eigenvalue weighted by molar-refractivity contribution is 8.26. The standard InChI is InChI=1S/C21H17ClN2O3S2/c1-2-11-24-20(26)18(29-21(24)28)12-14-7-9-15(10-8-14)27-13-19(25)23-17-6-4-3-5-16(17)22/h2-10,12H,1,11,13H2,(H,23,25)/b18-12-. The Morgan fingerprint density at radius 2 is 1.97 bits per heavy atom. The van der Waals surface area contributed by atoms with Crippen molar-refractivity contribution < 1.29 is 14.3 Å². The van der Waals surface area contributed by atoms with Crippen LogP contribution >= 0.6 is 35.6 Å². The zero-order valence-corrected chi connectivity index (χ0v) is 17.7. The molecule has 2 aromatic rings. The monoisotopic (exact) mass is 444 g/mol. The van der Waals surface area contributed by atoms with Crippen molar-refractivity contribution >= 4 is 63.5 Å². The van der Waals surface area contributed by atoms with Crippen LogP contribution in [0.5, 0.6) is 5.75 Å². The lowest BCUT2D eigenvalue weighted by Gasteiger charge is -2.10. The smallest absolute Gasteiger partial charge is 0.266 e. The van der Waals surface area contributed by atoms with Crippen LogP contribution in [0, 0.1) is 0 Å². The van der Waals surface area contributed by atoms with Gasteiger partial charge in [-0.1, -0.05) is 65.9 Å². The molecule has 0 radical (unpaired) electrons. The Hall–Kier alpha value is -2.61. The van der Waals surface area contributed by atoms with Crippen molar-refractivity contribution in [3.8, 4) is 5.75 Å². The van der Waals surface area contributed by atoms with E-state index in [0.717, 1.165) is 5.56 Å². The SMILES string of the molecule is C=CCN1C(=O)/C(=C/c2ccc(OCC(=O)Nc3ccccc3Cl)cc2)SC1=S. The predicted molar refractivity (Wildman–Crippen MR) is 122 cm³/mol. The van der Waals surface area contributed by atoms with E-state index in [4.69, 9.17) is 28.6 Å². The molecule has 0 spiro atoms. The maximum Gasteiger partial charge on any atom is 0.266 e. The number of ether oxygens (including phenoxy) is 1. The summed E-state index contributed by atoms with van der Waals surface area (Å²) in [6.07, 6.45) is 3.41. The van der Waals surface area contributed by atoms with E-state index in [-0.39, 0.29) is 18.4 Å². The van der Waals surface area contributed by atoms with Gasteiger partial charge in [0.2, 0.25) is 0 Å². The molecule has 1 saturated heterocycles. The number of benzene rings is 2. The molecule has 1 aliphatic rings. The van der Waals surface area contributed by atoms with Gasteiger partial charge in [0.25, 0.3) is 11.8 Å². The van der Waals surface area contributed by atoms with Crippen LogP contribution in [0.25, 0.3) is 6.08 Å². The van der Waals surface area contributed by atoms with Crippen molar-refractivity contribution in [3.63, 3.8) is 0 Å². The summed E-state index contributed by atoms with van der Waals surface area (Å²) in [5.41, 5.74) is 1.36. The molecule has 0 bridgehead atoms. The number of hydrogen-bond donors (Lipinski definition) is 1.